The van der Waals surface area contributed by atoms with Crippen molar-refractivity contribution in [2.24, 2.45) is 0 Å². The number of halogens is 1. The Balaban J connectivity index is 2.26. The molecule has 0 amide bonds. The lowest BCUT2D eigenvalue weighted by molar-refractivity contribution is -0.139. The van der Waals surface area contributed by atoms with Crippen molar-refractivity contribution >= 4 is 5.97 Å². The molecule has 0 aliphatic rings. The van der Waals surface area contributed by atoms with Gasteiger partial charge in [0.25, 0.3) is 0 Å². The normalized spacial score (nSPS) is 12.3. The third kappa shape index (κ3) is 2.69. The molecule has 1 aromatic carbocycles. The van der Waals surface area contributed by atoms with Crippen LogP contribution in [-0.4, -0.2) is 20.6 Å². The molecule has 2 aromatic rings. The summed E-state index contributed by atoms with van der Waals surface area (Å²) in [5.41, 5.74) is 0.450. The Kier molecular flexibility index (Phi) is 3.18. The summed E-state index contributed by atoms with van der Waals surface area (Å²) >= 11 is 0. The van der Waals surface area contributed by atoms with E-state index in [0.717, 1.165) is 0 Å². The fraction of sp³-hybridized carbons (Fsp3) is 0.167. The molecule has 0 aliphatic heterocycles. The fourth-order valence-electron chi connectivity index (χ4n) is 1.65. The van der Waals surface area contributed by atoms with E-state index in [2.05, 4.69) is 4.98 Å². The lowest BCUT2D eigenvalue weighted by Crippen LogP contribution is -2.17. The van der Waals surface area contributed by atoms with Crippen LogP contribution >= 0.6 is 0 Å². The van der Waals surface area contributed by atoms with Gasteiger partial charge < -0.3 is 9.67 Å². The number of imidazole rings is 1. The van der Waals surface area contributed by atoms with E-state index in [1.54, 1.807) is 23.0 Å². The van der Waals surface area contributed by atoms with E-state index >= 15 is 0 Å². The zero-order valence-corrected chi connectivity index (χ0v) is 8.95. The zero-order valence-electron chi connectivity index (χ0n) is 8.95. The Morgan fingerprint density at radius 3 is 2.94 bits per heavy atom. The van der Waals surface area contributed by atoms with Crippen molar-refractivity contribution in [1.29, 1.82) is 0 Å². The Bertz CT molecular complexity index is 511. The molecule has 1 heterocycles. The first-order valence-electron chi connectivity index (χ1n) is 5.11. The predicted molar refractivity (Wildman–Crippen MR) is 59.0 cm³/mol. The van der Waals surface area contributed by atoms with E-state index in [4.69, 9.17) is 5.11 Å². The van der Waals surface area contributed by atoms with Gasteiger partial charge in [0.2, 0.25) is 0 Å². The summed E-state index contributed by atoms with van der Waals surface area (Å²) in [5.74, 6) is -2.19. The molecular weight excluding hydrogens is 223 g/mol. The van der Waals surface area contributed by atoms with E-state index in [1.807, 2.05) is 0 Å². The van der Waals surface area contributed by atoms with Crippen LogP contribution < -0.4 is 0 Å². The van der Waals surface area contributed by atoms with E-state index in [9.17, 15) is 9.18 Å². The van der Waals surface area contributed by atoms with Gasteiger partial charge >= 0.3 is 5.97 Å². The van der Waals surface area contributed by atoms with Gasteiger partial charge in [-0.1, -0.05) is 12.1 Å². The van der Waals surface area contributed by atoms with Crippen molar-refractivity contribution in [2.45, 2.75) is 12.5 Å². The summed E-state index contributed by atoms with van der Waals surface area (Å²) in [5, 5.41) is 9.16. The number of nitrogens with zero attached hydrogens (tertiary/aromatic N) is 2. The maximum Gasteiger partial charge on any atom is 0.312 e. The van der Waals surface area contributed by atoms with Crippen LogP contribution in [0.3, 0.4) is 0 Å². The molecule has 17 heavy (non-hydrogen) atoms. The summed E-state index contributed by atoms with van der Waals surface area (Å²) in [4.78, 5) is 15.0. The molecule has 5 heteroatoms. The first-order valence-corrected chi connectivity index (χ1v) is 5.11. The van der Waals surface area contributed by atoms with Crippen LogP contribution in [-0.2, 0) is 11.3 Å². The van der Waals surface area contributed by atoms with E-state index < -0.39 is 17.7 Å². The van der Waals surface area contributed by atoms with Gasteiger partial charge in [0.1, 0.15) is 5.82 Å². The first kappa shape index (κ1) is 11.3. The molecule has 0 aliphatic carbocycles. The average Bonchev–Trinajstić information content (AvgIpc) is 2.78. The minimum absolute atomic E-state index is 0.235. The van der Waals surface area contributed by atoms with E-state index in [1.165, 1.54) is 24.5 Å². The van der Waals surface area contributed by atoms with Crippen molar-refractivity contribution in [3.63, 3.8) is 0 Å². The van der Waals surface area contributed by atoms with Gasteiger partial charge in [-0.2, -0.15) is 0 Å². The molecule has 2 rings (SSSR count). The monoisotopic (exact) mass is 234 g/mol. The largest absolute Gasteiger partial charge is 0.481 e. The molecule has 1 atom stereocenters. The first-order chi connectivity index (χ1) is 8.16. The summed E-state index contributed by atoms with van der Waals surface area (Å²) in [6.45, 7) is 0.235. The fourth-order valence-corrected chi connectivity index (χ4v) is 1.65. The molecule has 0 spiro atoms. The third-order valence-corrected chi connectivity index (χ3v) is 2.50. The van der Waals surface area contributed by atoms with Gasteiger partial charge in [-0.05, 0) is 17.7 Å². The standard InChI is InChI=1S/C12H11FN2O2/c13-10-3-1-2-9(6-10)11(12(16)17)7-15-5-4-14-8-15/h1-6,8,11H,7H2,(H,16,17). The predicted octanol–water partition coefficient (Wildman–Crippen LogP) is 1.89. The maximum atomic E-state index is 13.1. The SMILES string of the molecule is O=C(O)C(Cn1ccnc1)c1cccc(F)c1. The molecule has 0 saturated heterocycles. The lowest BCUT2D eigenvalue weighted by atomic mass is 9.99. The molecule has 1 N–H and O–H groups in total. The summed E-state index contributed by atoms with van der Waals surface area (Å²) in [7, 11) is 0. The van der Waals surface area contributed by atoms with Crippen LogP contribution in [0.2, 0.25) is 0 Å². The summed E-state index contributed by atoms with van der Waals surface area (Å²) < 4.78 is 14.7. The minimum atomic E-state index is -0.982. The second kappa shape index (κ2) is 4.78. The minimum Gasteiger partial charge on any atom is -0.481 e. The molecule has 0 saturated carbocycles. The number of carboxylic acids is 1. The number of aromatic nitrogens is 2. The number of hydrogen-bond donors (Lipinski definition) is 1. The van der Waals surface area contributed by atoms with Crippen LogP contribution in [0, 0.1) is 5.82 Å². The molecule has 0 radical (unpaired) electrons. The van der Waals surface area contributed by atoms with Gasteiger partial charge in [-0.25, -0.2) is 9.37 Å². The highest BCUT2D eigenvalue weighted by atomic mass is 19.1. The highest BCUT2D eigenvalue weighted by Crippen LogP contribution is 2.19. The Morgan fingerprint density at radius 1 is 1.53 bits per heavy atom. The highest BCUT2D eigenvalue weighted by Gasteiger charge is 2.20. The molecule has 1 aromatic heterocycles. The molecule has 0 fully saturated rings. The van der Waals surface area contributed by atoms with Crippen molar-refractivity contribution in [1.82, 2.24) is 9.55 Å². The zero-order chi connectivity index (χ0) is 12.3. The third-order valence-electron chi connectivity index (χ3n) is 2.50. The lowest BCUT2D eigenvalue weighted by Gasteiger charge is -2.13. The Labute approximate surface area is 97.3 Å². The molecule has 0 bridgehead atoms. The average molecular weight is 234 g/mol. The van der Waals surface area contributed by atoms with Crippen LogP contribution in [0.1, 0.15) is 11.5 Å². The topological polar surface area (TPSA) is 55.1 Å². The van der Waals surface area contributed by atoms with Crippen molar-refractivity contribution < 1.29 is 14.3 Å². The Morgan fingerprint density at radius 2 is 2.35 bits per heavy atom. The quantitative estimate of drug-likeness (QED) is 0.878. The van der Waals surface area contributed by atoms with Gasteiger partial charge in [0.05, 0.1) is 12.2 Å². The van der Waals surface area contributed by atoms with Crippen molar-refractivity contribution in [2.75, 3.05) is 0 Å². The van der Waals surface area contributed by atoms with Crippen molar-refractivity contribution in [3.8, 4) is 0 Å². The molecule has 88 valence electrons. The summed E-state index contributed by atoms with van der Waals surface area (Å²) in [6, 6.07) is 5.66. The van der Waals surface area contributed by atoms with Crippen LogP contribution in [0.5, 0.6) is 0 Å². The van der Waals surface area contributed by atoms with Crippen molar-refractivity contribution in [3.05, 3.63) is 54.4 Å². The van der Waals surface area contributed by atoms with Crippen LogP contribution in [0.15, 0.2) is 43.0 Å². The number of carboxylic acid groups (broad SMARTS) is 1. The molecule has 4 nitrogen and oxygen atoms in total. The number of carbonyl (C=O) groups is 1. The number of rotatable bonds is 4. The van der Waals surface area contributed by atoms with E-state index in [-0.39, 0.29) is 6.54 Å². The van der Waals surface area contributed by atoms with Gasteiger partial charge in [-0.3, -0.25) is 4.79 Å². The smallest absolute Gasteiger partial charge is 0.312 e. The van der Waals surface area contributed by atoms with Gasteiger partial charge in [-0.15, -0.1) is 0 Å². The van der Waals surface area contributed by atoms with Gasteiger partial charge in [0, 0.05) is 18.9 Å². The number of hydrogen-bond acceptors (Lipinski definition) is 2. The second-order valence-corrected chi connectivity index (χ2v) is 3.71. The van der Waals surface area contributed by atoms with Crippen LogP contribution in [0.25, 0.3) is 0 Å². The molecule has 1 unspecified atom stereocenters. The van der Waals surface area contributed by atoms with Crippen LogP contribution in [0.4, 0.5) is 4.39 Å². The molecular formula is C12H11FN2O2. The maximum absolute atomic E-state index is 13.1. The van der Waals surface area contributed by atoms with E-state index in [0.29, 0.717) is 5.56 Å². The second-order valence-electron chi connectivity index (χ2n) is 3.71. The summed E-state index contributed by atoms with van der Waals surface area (Å²) in [6.07, 6.45) is 4.79. The Hall–Kier alpha value is -2.17. The number of benzene rings is 1. The van der Waals surface area contributed by atoms with Gasteiger partial charge in [0.15, 0.2) is 0 Å². The highest BCUT2D eigenvalue weighted by molar-refractivity contribution is 5.75. The number of aliphatic carboxylic acids is 1.